The van der Waals surface area contributed by atoms with E-state index in [1.54, 1.807) is 67.4 Å². The fourth-order valence-electron chi connectivity index (χ4n) is 5.18. The lowest BCUT2D eigenvalue weighted by molar-refractivity contribution is -0.136. The monoisotopic (exact) mass is 653 g/mol. The number of rotatable bonds is 8. The first-order valence-electron chi connectivity index (χ1n) is 14.7. The second-order valence-electron chi connectivity index (χ2n) is 11.8. The summed E-state index contributed by atoms with van der Waals surface area (Å²) in [5, 5.41) is 18.0. The zero-order chi connectivity index (χ0) is 32.9. The van der Waals surface area contributed by atoms with Crippen molar-refractivity contribution in [2.24, 2.45) is 5.92 Å². The fourth-order valence-corrected chi connectivity index (χ4v) is 5.97. The number of nitrogens with zero attached hydrogens (tertiary/aromatic N) is 4. The van der Waals surface area contributed by atoms with Crippen LogP contribution >= 0.6 is 11.3 Å². The van der Waals surface area contributed by atoms with Crippen LogP contribution < -0.4 is 20.9 Å². The largest absolute Gasteiger partial charge is 0.444 e. The van der Waals surface area contributed by atoms with Gasteiger partial charge < -0.3 is 25.6 Å². The first-order valence-corrected chi connectivity index (χ1v) is 15.6. The summed E-state index contributed by atoms with van der Waals surface area (Å²) in [7, 11) is 0. The van der Waals surface area contributed by atoms with E-state index in [0.29, 0.717) is 35.6 Å². The molecule has 0 saturated carbocycles. The number of hydrogen-bond donors (Lipinski definition) is 3. The number of anilines is 4. The number of nitrogens with one attached hydrogen (secondary N) is 3. The molecule has 1 atom stereocenters. The number of alkyl carbamates (subject to hydrolysis) is 1. The standard InChI is InChI=1S/C32H34F3N7O3S/c1-31(2,3)45-30(44)36-16-20-8-7-15-42(18-20)27-24(40-28(43)25-19-46-29(41-25)21-13-14-37-38-17-21)12-11-23(26(27)32(33,34)35)39-22-9-5-4-6-10-22/h4-6,9-14,17,19-20,39H,7-8,15-16,18H2,1-3H3,(H,36,44)(H,40,43)/t20-/m0/s1. The summed E-state index contributed by atoms with van der Waals surface area (Å²) in [6.07, 6.45) is -1.08. The Bertz CT molecular complexity index is 1660. The van der Waals surface area contributed by atoms with Crippen molar-refractivity contribution in [2.75, 3.05) is 35.2 Å². The summed E-state index contributed by atoms with van der Waals surface area (Å²) in [6.45, 7) is 6.02. The minimum Gasteiger partial charge on any atom is -0.444 e. The van der Waals surface area contributed by atoms with E-state index in [9.17, 15) is 9.59 Å². The number of alkyl halides is 3. The highest BCUT2D eigenvalue weighted by Crippen LogP contribution is 2.47. The number of thiazole rings is 1. The van der Waals surface area contributed by atoms with Crippen molar-refractivity contribution in [3.8, 4) is 10.6 Å². The van der Waals surface area contributed by atoms with E-state index in [0.717, 1.165) is 0 Å². The van der Waals surface area contributed by atoms with Crippen LogP contribution in [0.2, 0.25) is 0 Å². The molecule has 0 unspecified atom stereocenters. The smallest absolute Gasteiger partial charge is 0.420 e. The van der Waals surface area contributed by atoms with E-state index in [4.69, 9.17) is 4.74 Å². The van der Waals surface area contributed by atoms with Gasteiger partial charge in [0.1, 0.15) is 21.9 Å². The highest BCUT2D eigenvalue weighted by atomic mass is 32.1. The Morgan fingerprint density at radius 1 is 1.04 bits per heavy atom. The molecule has 1 aliphatic heterocycles. The molecular weight excluding hydrogens is 619 g/mol. The van der Waals surface area contributed by atoms with Gasteiger partial charge in [0.15, 0.2) is 0 Å². The Hall–Kier alpha value is -4.72. The van der Waals surface area contributed by atoms with E-state index >= 15 is 13.2 Å². The van der Waals surface area contributed by atoms with Crippen molar-refractivity contribution < 1.29 is 27.5 Å². The Morgan fingerprint density at radius 3 is 2.50 bits per heavy atom. The summed E-state index contributed by atoms with van der Waals surface area (Å²) in [6, 6.07) is 13.0. The number of benzene rings is 2. The molecule has 2 aromatic carbocycles. The zero-order valence-corrected chi connectivity index (χ0v) is 26.3. The Balaban J connectivity index is 1.48. The normalized spacial score (nSPS) is 15.3. The maximum atomic E-state index is 15.0. The van der Waals surface area contributed by atoms with Gasteiger partial charge in [0.2, 0.25) is 0 Å². The molecule has 3 heterocycles. The predicted molar refractivity (Wildman–Crippen MR) is 171 cm³/mol. The maximum Gasteiger partial charge on any atom is 0.420 e. The van der Waals surface area contributed by atoms with Crippen molar-refractivity contribution in [1.29, 1.82) is 0 Å². The molecule has 2 aromatic heterocycles. The lowest BCUT2D eigenvalue weighted by Gasteiger charge is -2.37. The van der Waals surface area contributed by atoms with Crippen molar-refractivity contribution in [1.82, 2.24) is 20.5 Å². The molecule has 46 heavy (non-hydrogen) atoms. The van der Waals surface area contributed by atoms with Crippen molar-refractivity contribution >= 4 is 46.1 Å². The topological polar surface area (TPSA) is 121 Å². The van der Waals surface area contributed by atoms with Crippen molar-refractivity contribution in [3.63, 3.8) is 0 Å². The number of piperidine rings is 1. The molecule has 14 heteroatoms. The number of hydrogen-bond acceptors (Lipinski definition) is 9. The lowest BCUT2D eigenvalue weighted by Crippen LogP contribution is -2.43. The predicted octanol–water partition coefficient (Wildman–Crippen LogP) is 7.36. The van der Waals surface area contributed by atoms with Crippen LogP contribution in [0.15, 0.2) is 66.3 Å². The summed E-state index contributed by atoms with van der Waals surface area (Å²) < 4.78 is 50.4. The first-order chi connectivity index (χ1) is 21.9. The number of amides is 2. The average molecular weight is 654 g/mol. The van der Waals surface area contributed by atoms with Crippen molar-refractivity contribution in [3.05, 3.63) is 77.6 Å². The van der Waals surface area contributed by atoms with Gasteiger partial charge in [-0.05, 0) is 69.9 Å². The molecule has 1 saturated heterocycles. The highest BCUT2D eigenvalue weighted by molar-refractivity contribution is 7.13. The number of carbonyl (C=O) groups excluding carboxylic acids is 2. The van der Waals surface area contributed by atoms with Crippen LogP contribution in [0.5, 0.6) is 0 Å². The van der Waals surface area contributed by atoms with Crippen LogP contribution in [-0.2, 0) is 10.9 Å². The van der Waals surface area contributed by atoms with Crippen molar-refractivity contribution in [2.45, 2.75) is 45.4 Å². The number of carbonyl (C=O) groups is 2. The molecule has 1 fully saturated rings. The van der Waals surface area contributed by atoms with Gasteiger partial charge in [-0.15, -0.1) is 11.3 Å². The summed E-state index contributed by atoms with van der Waals surface area (Å²) in [5.41, 5.74) is -0.699. The molecule has 10 nitrogen and oxygen atoms in total. The van der Waals surface area contributed by atoms with Gasteiger partial charge in [0, 0.05) is 36.3 Å². The van der Waals surface area contributed by atoms with E-state index in [-0.39, 0.29) is 41.8 Å². The van der Waals surface area contributed by atoms with Crippen LogP contribution in [0.1, 0.15) is 49.7 Å². The minimum absolute atomic E-state index is 0.00295. The third-order valence-corrected chi connectivity index (χ3v) is 7.99. The van der Waals surface area contributed by atoms with E-state index < -0.39 is 29.3 Å². The molecule has 0 radical (unpaired) electrons. The van der Waals surface area contributed by atoms with E-state index in [2.05, 4.69) is 31.1 Å². The molecule has 4 aromatic rings. The van der Waals surface area contributed by atoms with Gasteiger partial charge in [0.25, 0.3) is 5.91 Å². The number of aromatic nitrogens is 3. The van der Waals surface area contributed by atoms with E-state index in [1.165, 1.54) is 35.9 Å². The second kappa shape index (κ2) is 13.7. The van der Waals surface area contributed by atoms with Gasteiger partial charge in [0.05, 0.1) is 29.5 Å². The van der Waals surface area contributed by atoms with Crippen LogP contribution in [-0.4, -0.2) is 52.4 Å². The molecule has 2 amide bonds. The van der Waals surface area contributed by atoms with Crippen LogP contribution in [0, 0.1) is 5.92 Å². The van der Waals surface area contributed by atoms with Gasteiger partial charge in [-0.1, -0.05) is 18.2 Å². The summed E-state index contributed by atoms with van der Waals surface area (Å²) >= 11 is 1.21. The third-order valence-electron chi connectivity index (χ3n) is 7.10. The molecule has 5 rings (SSSR count). The quantitative estimate of drug-likeness (QED) is 0.181. The SMILES string of the molecule is CC(C)(C)OC(=O)NC[C@@H]1CCCN(c2c(NC(=O)c3csc(-c4ccnnc4)n3)ccc(Nc3ccccc3)c2C(F)(F)F)C1. The van der Waals surface area contributed by atoms with Crippen LogP contribution in [0.4, 0.5) is 40.7 Å². The summed E-state index contributed by atoms with van der Waals surface area (Å²) in [5.74, 6) is -0.811. The number of ether oxygens (including phenoxy) is 1. The van der Waals surface area contributed by atoms with Crippen LogP contribution in [0.3, 0.4) is 0 Å². The zero-order valence-electron chi connectivity index (χ0n) is 25.5. The summed E-state index contributed by atoms with van der Waals surface area (Å²) in [4.78, 5) is 31.7. The number of halogens is 3. The van der Waals surface area contributed by atoms with Crippen LogP contribution in [0.25, 0.3) is 10.6 Å². The minimum atomic E-state index is -4.78. The van der Waals surface area contributed by atoms with Gasteiger partial charge >= 0.3 is 12.3 Å². The molecular formula is C32H34F3N7O3S. The lowest BCUT2D eigenvalue weighted by atomic mass is 9.95. The number of para-hydroxylation sites is 1. The average Bonchev–Trinajstić information content (AvgIpc) is 3.51. The molecule has 242 valence electrons. The molecule has 1 aliphatic rings. The first kappa shape index (κ1) is 32.7. The Labute approximate surface area is 268 Å². The molecule has 0 spiro atoms. The molecule has 3 N–H and O–H groups in total. The molecule has 0 bridgehead atoms. The van der Waals surface area contributed by atoms with Gasteiger partial charge in [-0.3, -0.25) is 4.79 Å². The highest BCUT2D eigenvalue weighted by Gasteiger charge is 2.40. The van der Waals surface area contributed by atoms with Gasteiger partial charge in [-0.25, -0.2) is 9.78 Å². The van der Waals surface area contributed by atoms with E-state index in [1.807, 2.05) is 0 Å². The Morgan fingerprint density at radius 2 is 1.80 bits per heavy atom. The Kier molecular flexibility index (Phi) is 9.75. The third kappa shape index (κ3) is 8.30. The maximum absolute atomic E-state index is 15.0. The van der Waals surface area contributed by atoms with Gasteiger partial charge in [-0.2, -0.15) is 23.4 Å². The fraction of sp³-hybridized carbons (Fsp3) is 0.344. The second-order valence-corrected chi connectivity index (χ2v) is 12.7. The molecule has 0 aliphatic carbocycles.